The SMILES string of the molecule is Nc1nc(Cl)cc2c1ncn2[C@@H]1O[C@H](CO)C(O)[C@@H]1O. The lowest BCUT2D eigenvalue weighted by molar-refractivity contribution is -0.0508. The van der Waals surface area contributed by atoms with Crippen LogP contribution in [0.4, 0.5) is 5.82 Å². The number of aliphatic hydroxyl groups excluding tert-OH is 3. The molecule has 2 aromatic heterocycles. The van der Waals surface area contributed by atoms with E-state index in [0.717, 1.165) is 0 Å². The highest BCUT2D eigenvalue weighted by molar-refractivity contribution is 6.30. The van der Waals surface area contributed by atoms with Crippen molar-refractivity contribution in [2.24, 2.45) is 0 Å². The van der Waals surface area contributed by atoms with Gasteiger partial charge in [-0.25, -0.2) is 9.97 Å². The topological polar surface area (TPSA) is 127 Å². The Morgan fingerprint density at radius 3 is 2.80 bits per heavy atom. The maximum Gasteiger partial charge on any atom is 0.164 e. The summed E-state index contributed by atoms with van der Waals surface area (Å²) in [5.41, 5.74) is 6.67. The Labute approximate surface area is 118 Å². The van der Waals surface area contributed by atoms with Crippen molar-refractivity contribution in [3.63, 3.8) is 0 Å². The molecule has 0 aliphatic carbocycles. The van der Waals surface area contributed by atoms with E-state index in [-0.39, 0.29) is 11.0 Å². The number of fused-ring (bicyclic) bond motifs is 1. The molecule has 3 heterocycles. The molecule has 4 atom stereocenters. The van der Waals surface area contributed by atoms with Gasteiger partial charge < -0.3 is 30.4 Å². The van der Waals surface area contributed by atoms with Crippen LogP contribution < -0.4 is 5.73 Å². The molecule has 1 aliphatic rings. The van der Waals surface area contributed by atoms with Gasteiger partial charge in [0.25, 0.3) is 0 Å². The normalized spacial score (nSPS) is 30.2. The molecule has 108 valence electrons. The number of halogens is 1. The average molecular weight is 301 g/mol. The van der Waals surface area contributed by atoms with Crippen LogP contribution in [0, 0.1) is 0 Å². The number of nitrogens with zero attached hydrogens (tertiary/aromatic N) is 3. The van der Waals surface area contributed by atoms with Crippen molar-refractivity contribution in [3.8, 4) is 0 Å². The third kappa shape index (κ3) is 1.93. The van der Waals surface area contributed by atoms with Gasteiger partial charge in [0.1, 0.15) is 29.0 Å². The van der Waals surface area contributed by atoms with Gasteiger partial charge in [-0.2, -0.15) is 0 Å². The second-order valence-electron chi connectivity index (χ2n) is 4.58. The summed E-state index contributed by atoms with van der Waals surface area (Å²) in [7, 11) is 0. The molecule has 0 spiro atoms. The van der Waals surface area contributed by atoms with Crippen molar-refractivity contribution in [1.29, 1.82) is 0 Å². The predicted molar refractivity (Wildman–Crippen MR) is 70.0 cm³/mol. The maximum absolute atomic E-state index is 10.0. The van der Waals surface area contributed by atoms with Crippen LogP contribution in [0.15, 0.2) is 12.4 Å². The fourth-order valence-corrected chi connectivity index (χ4v) is 2.53. The smallest absolute Gasteiger partial charge is 0.164 e. The zero-order chi connectivity index (χ0) is 14.4. The molecule has 3 rings (SSSR count). The van der Waals surface area contributed by atoms with Crippen LogP contribution in [-0.4, -0.2) is 54.8 Å². The maximum atomic E-state index is 10.0. The summed E-state index contributed by atoms with van der Waals surface area (Å²) in [4.78, 5) is 7.98. The van der Waals surface area contributed by atoms with E-state index in [9.17, 15) is 10.2 Å². The monoisotopic (exact) mass is 300 g/mol. The molecule has 1 aliphatic heterocycles. The first kappa shape index (κ1) is 13.5. The Morgan fingerprint density at radius 2 is 2.15 bits per heavy atom. The first-order chi connectivity index (χ1) is 9.52. The number of aliphatic hydroxyl groups is 3. The summed E-state index contributed by atoms with van der Waals surface area (Å²) in [6.07, 6.45) is -2.71. The summed E-state index contributed by atoms with van der Waals surface area (Å²) < 4.78 is 6.94. The second-order valence-corrected chi connectivity index (χ2v) is 4.97. The number of pyridine rings is 1. The Balaban J connectivity index is 2.07. The van der Waals surface area contributed by atoms with Crippen LogP contribution >= 0.6 is 11.6 Å². The predicted octanol–water partition coefficient (Wildman–Crippen LogP) is -0.722. The fraction of sp³-hybridized carbons (Fsp3) is 0.455. The van der Waals surface area contributed by atoms with Gasteiger partial charge in [-0.15, -0.1) is 0 Å². The molecular weight excluding hydrogens is 288 g/mol. The summed E-state index contributed by atoms with van der Waals surface area (Å²) in [5, 5.41) is 29.1. The van der Waals surface area contributed by atoms with E-state index in [1.807, 2.05) is 0 Å². The largest absolute Gasteiger partial charge is 0.394 e. The molecule has 1 unspecified atom stereocenters. The van der Waals surface area contributed by atoms with E-state index >= 15 is 0 Å². The third-order valence-electron chi connectivity index (χ3n) is 3.35. The summed E-state index contributed by atoms with van der Waals surface area (Å²) in [6.45, 7) is -0.397. The average Bonchev–Trinajstić information content (AvgIpc) is 2.93. The molecule has 0 saturated carbocycles. The minimum absolute atomic E-state index is 0.165. The van der Waals surface area contributed by atoms with Crippen molar-refractivity contribution < 1.29 is 20.1 Å². The highest BCUT2D eigenvalue weighted by Crippen LogP contribution is 2.33. The fourth-order valence-electron chi connectivity index (χ4n) is 2.34. The lowest BCUT2D eigenvalue weighted by atomic mass is 10.1. The van der Waals surface area contributed by atoms with Gasteiger partial charge in [-0.1, -0.05) is 11.6 Å². The van der Waals surface area contributed by atoms with E-state index in [1.165, 1.54) is 17.0 Å². The number of imidazole rings is 1. The first-order valence-electron chi connectivity index (χ1n) is 5.94. The van der Waals surface area contributed by atoms with E-state index < -0.39 is 31.1 Å². The highest BCUT2D eigenvalue weighted by atomic mass is 35.5. The third-order valence-corrected chi connectivity index (χ3v) is 3.54. The van der Waals surface area contributed by atoms with E-state index in [4.69, 9.17) is 27.2 Å². The van der Waals surface area contributed by atoms with Gasteiger partial charge in [0.2, 0.25) is 0 Å². The lowest BCUT2D eigenvalue weighted by Crippen LogP contribution is -2.33. The number of rotatable bonds is 2. The van der Waals surface area contributed by atoms with Crippen LogP contribution in [0.25, 0.3) is 11.0 Å². The number of hydrogen-bond acceptors (Lipinski definition) is 7. The minimum Gasteiger partial charge on any atom is -0.394 e. The minimum atomic E-state index is -1.20. The van der Waals surface area contributed by atoms with Gasteiger partial charge in [0.05, 0.1) is 18.5 Å². The van der Waals surface area contributed by atoms with Gasteiger partial charge in [0.15, 0.2) is 12.0 Å². The summed E-state index contributed by atoms with van der Waals surface area (Å²) in [5.74, 6) is 0.165. The molecule has 8 nitrogen and oxygen atoms in total. The molecule has 1 saturated heterocycles. The number of hydrogen-bond donors (Lipinski definition) is 4. The molecule has 9 heteroatoms. The lowest BCUT2D eigenvalue weighted by Gasteiger charge is -2.17. The Hall–Kier alpha value is -1.45. The molecule has 0 bridgehead atoms. The molecule has 0 radical (unpaired) electrons. The van der Waals surface area contributed by atoms with Crippen LogP contribution in [0.1, 0.15) is 6.23 Å². The summed E-state index contributed by atoms with van der Waals surface area (Å²) in [6, 6.07) is 1.54. The Kier molecular flexibility index (Phi) is 3.27. The summed E-state index contributed by atoms with van der Waals surface area (Å²) >= 11 is 5.86. The van der Waals surface area contributed by atoms with Gasteiger partial charge in [-0.05, 0) is 0 Å². The Morgan fingerprint density at radius 1 is 1.40 bits per heavy atom. The zero-order valence-corrected chi connectivity index (χ0v) is 11.0. The Bertz CT molecular complexity index is 649. The van der Waals surface area contributed by atoms with Gasteiger partial charge in [-0.3, -0.25) is 0 Å². The number of anilines is 1. The van der Waals surface area contributed by atoms with Gasteiger partial charge in [0, 0.05) is 6.07 Å². The number of ether oxygens (including phenoxy) is 1. The molecule has 2 aromatic rings. The second kappa shape index (κ2) is 4.83. The molecule has 0 aromatic carbocycles. The molecule has 1 fully saturated rings. The molecule has 5 N–H and O–H groups in total. The van der Waals surface area contributed by atoms with Crippen LogP contribution in [0.3, 0.4) is 0 Å². The van der Waals surface area contributed by atoms with Crippen molar-refractivity contribution in [3.05, 3.63) is 17.5 Å². The van der Waals surface area contributed by atoms with Crippen molar-refractivity contribution in [2.75, 3.05) is 12.3 Å². The number of nitrogen functional groups attached to an aromatic ring is 1. The first-order valence-corrected chi connectivity index (χ1v) is 6.31. The van der Waals surface area contributed by atoms with Crippen molar-refractivity contribution >= 4 is 28.5 Å². The van der Waals surface area contributed by atoms with E-state index in [2.05, 4.69) is 9.97 Å². The number of aromatic nitrogens is 3. The van der Waals surface area contributed by atoms with E-state index in [0.29, 0.717) is 11.0 Å². The molecule has 0 amide bonds. The van der Waals surface area contributed by atoms with Crippen molar-refractivity contribution in [1.82, 2.24) is 14.5 Å². The number of nitrogens with two attached hydrogens (primary N) is 1. The van der Waals surface area contributed by atoms with Crippen LogP contribution in [-0.2, 0) is 4.74 Å². The quantitative estimate of drug-likeness (QED) is 0.539. The highest BCUT2D eigenvalue weighted by Gasteiger charge is 2.43. The molecule has 20 heavy (non-hydrogen) atoms. The molecular formula is C11H13ClN4O4. The van der Waals surface area contributed by atoms with Crippen LogP contribution in [0.5, 0.6) is 0 Å². The van der Waals surface area contributed by atoms with Gasteiger partial charge >= 0.3 is 0 Å². The van der Waals surface area contributed by atoms with E-state index in [1.54, 1.807) is 0 Å². The zero-order valence-electron chi connectivity index (χ0n) is 10.2. The van der Waals surface area contributed by atoms with Crippen LogP contribution in [0.2, 0.25) is 5.15 Å². The standard InChI is InChI=1S/C11H13ClN4O4/c12-6-1-4-7(10(13)15-6)14-3-16(4)11-9(19)8(18)5(2-17)20-11/h1,3,5,8-9,11,17-19H,2H2,(H2,13,15)/t5-,8?,9+,11-/m1/s1. The van der Waals surface area contributed by atoms with Crippen molar-refractivity contribution in [2.45, 2.75) is 24.5 Å².